The Morgan fingerprint density at radius 2 is 1.55 bits per heavy atom. The molecule has 3 heterocycles. The number of methoxy groups -OCH3 is 1. The first-order valence-electron chi connectivity index (χ1n) is 13.5. The molecule has 2 N–H and O–H groups in total. The zero-order valence-corrected chi connectivity index (χ0v) is 22.3. The van der Waals surface area contributed by atoms with Crippen LogP contribution in [0, 0.1) is 0 Å². The summed E-state index contributed by atoms with van der Waals surface area (Å²) in [6.45, 7) is 7.22. The second-order valence-corrected chi connectivity index (χ2v) is 9.74. The van der Waals surface area contributed by atoms with Crippen LogP contribution < -0.4 is 20.3 Å². The lowest BCUT2D eigenvalue weighted by atomic mass is 10.0. The van der Waals surface area contributed by atoms with Gasteiger partial charge in [-0.15, -0.1) is 0 Å². The molecule has 1 amide bonds. The van der Waals surface area contributed by atoms with Gasteiger partial charge in [-0.3, -0.25) is 0 Å². The molecule has 0 radical (unpaired) electrons. The first kappa shape index (κ1) is 25.9. The number of ether oxygens (including phenoxy) is 2. The number of anilines is 2. The fourth-order valence-electron chi connectivity index (χ4n) is 5.08. The van der Waals surface area contributed by atoms with Crippen molar-refractivity contribution in [3.8, 4) is 28.3 Å². The number of nitrogens with one attached hydrogen (secondary N) is 2. The number of piperidine rings is 1. The summed E-state index contributed by atoms with van der Waals surface area (Å²) in [5, 5.41) is 7.19. The third-order valence-corrected chi connectivity index (χ3v) is 7.25. The topological polar surface area (TPSA) is 79.0 Å². The maximum Gasteiger partial charge on any atom is 0.409 e. The number of piperazine rings is 1. The second kappa shape index (κ2) is 12.2. The Hall–Kier alpha value is -3.78. The maximum absolute atomic E-state index is 12.0. The maximum atomic E-state index is 12.0. The molecule has 38 heavy (non-hydrogen) atoms. The van der Waals surface area contributed by atoms with Gasteiger partial charge in [-0.2, -0.15) is 0 Å². The van der Waals surface area contributed by atoms with Gasteiger partial charge in [0.25, 0.3) is 0 Å². The van der Waals surface area contributed by atoms with Crippen molar-refractivity contribution in [1.82, 2.24) is 15.2 Å². The average molecular weight is 516 g/mol. The lowest BCUT2D eigenvalue weighted by Gasteiger charge is -2.35. The normalized spacial score (nSPS) is 16.3. The van der Waals surface area contributed by atoms with Crippen molar-refractivity contribution in [2.24, 2.45) is 0 Å². The van der Waals surface area contributed by atoms with Crippen molar-refractivity contribution in [2.45, 2.75) is 25.8 Å². The molecule has 2 aliphatic heterocycles. The zero-order chi connectivity index (χ0) is 26.3. The third-order valence-electron chi connectivity index (χ3n) is 7.25. The van der Waals surface area contributed by atoms with Crippen LogP contribution in [0.15, 0.2) is 60.7 Å². The van der Waals surface area contributed by atoms with E-state index in [0.29, 0.717) is 25.7 Å². The number of amides is 1. The predicted octanol–water partition coefficient (Wildman–Crippen LogP) is 4.87. The summed E-state index contributed by atoms with van der Waals surface area (Å²) in [6.07, 6.45) is 1.99. The average Bonchev–Trinajstić information content (AvgIpc) is 2.98. The summed E-state index contributed by atoms with van der Waals surface area (Å²) in [7, 11) is 1.68. The summed E-state index contributed by atoms with van der Waals surface area (Å²) in [4.78, 5) is 21.2. The lowest BCUT2D eigenvalue weighted by molar-refractivity contribution is 0.105. The highest BCUT2D eigenvalue weighted by Crippen LogP contribution is 2.30. The summed E-state index contributed by atoms with van der Waals surface area (Å²) in [5.74, 6) is 0.830. The fraction of sp³-hybridized carbons (Fsp3) is 0.400. The Labute approximate surface area is 225 Å². The number of benzene rings is 2. The van der Waals surface area contributed by atoms with Crippen molar-refractivity contribution >= 4 is 17.5 Å². The summed E-state index contributed by atoms with van der Waals surface area (Å²) in [5.41, 5.74) is 6.23. The summed E-state index contributed by atoms with van der Waals surface area (Å²) < 4.78 is 10.5. The lowest BCUT2D eigenvalue weighted by Crippen LogP contribution is -2.49. The number of pyridine rings is 1. The SMILES string of the molecule is CCOC(=O)N1CCN(c2ccc(-c3cc(NC4CCNCC4)cc(-c4ccc(OC)cc4)n3)cc2)CC1. The van der Waals surface area contributed by atoms with Crippen LogP contribution in [-0.4, -0.2) is 75.0 Å². The Balaban J connectivity index is 1.36. The smallest absolute Gasteiger partial charge is 0.409 e. The van der Waals surface area contributed by atoms with Gasteiger partial charge in [0.05, 0.1) is 25.1 Å². The van der Waals surface area contributed by atoms with Crippen LogP contribution in [0.4, 0.5) is 16.2 Å². The molecule has 8 nitrogen and oxygen atoms in total. The van der Waals surface area contributed by atoms with Gasteiger partial charge in [0.15, 0.2) is 0 Å². The van der Waals surface area contributed by atoms with Gasteiger partial charge in [0.1, 0.15) is 5.75 Å². The van der Waals surface area contributed by atoms with Crippen LogP contribution in [0.1, 0.15) is 19.8 Å². The third kappa shape index (κ3) is 6.19. The minimum atomic E-state index is -0.223. The van der Waals surface area contributed by atoms with E-state index in [4.69, 9.17) is 14.5 Å². The van der Waals surface area contributed by atoms with Gasteiger partial charge in [-0.05, 0) is 81.4 Å². The molecule has 200 valence electrons. The molecule has 8 heteroatoms. The highest BCUT2D eigenvalue weighted by atomic mass is 16.6. The van der Waals surface area contributed by atoms with Crippen LogP contribution in [0.25, 0.3) is 22.5 Å². The van der Waals surface area contributed by atoms with Gasteiger partial charge in [0, 0.05) is 54.7 Å². The van der Waals surface area contributed by atoms with E-state index in [2.05, 4.69) is 64.1 Å². The molecular formula is C30H37N5O3. The van der Waals surface area contributed by atoms with E-state index in [-0.39, 0.29) is 6.09 Å². The monoisotopic (exact) mass is 515 g/mol. The second-order valence-electron chi connectivity index (χ2n) is 9.74. The minimum absolute atomic E-state index is 0.223. The summed E-state index contributed by atoms with van der Waals surface area (Å²) >= 11 is 0. The van der Waals surface area contributed by atoms with Crippen molar-refractivity contribution in [3.63, 3.8) is 0 Å². The molecule has 0 aliphatic carbocycles. The first-order valence-corrected chi connectivity index (χ1v) is 13.5. The zero-order valence-electron chi connectivity index (χ0n) is 22.3. The van der Waals surface area contributed by atoms with Crippen LogP contribution in [-0.2, 0) is 4.74 Å². The van der Waals surface area contributed by atoms with Crippen molar-refractivity contribution in [1.29, 1.82) is 0 Å². The fourth-order valence-corrected chi connectivity index (χ4v) is 5.08. The number of nitrogens with zero attached hydrogens (tertiary/aromatic N) is 3. The van der Waals surface area contributed by atoms with Gasteiger partial charge >= 0.3 is 6.09 Å². The molecule has 2 aliphatic rings. The molecule has 2 aromatic carbocycles. The number of carbonyl (C=O) groups excluding carboxylic acids is 1. The minimum Gasteiger partial charge on any atom is -0.497 e. The molecule has 0 unspecified atom stereocenters. The van der Waals surface area contributed by atoms with Gasteiger partial charge < -0.3 is 29.9 Å². The van der Waals surface area contributed by atoms with E-state index >= 15 is 0 Å². The predicted molar refractivity (Wildman–Crippen MR) is 152 cm³/mol. The van der Waals surface area contributed by atoms with E-state index in [1.807, 2.05) is 19.1 Å². The van der Waals surface area contributed by atoms with Crippen LogP contribution in [0.2, 0.25) is 0 Å². The molecule has 3 aromatic rings. The van der Waals surface area contributed by atoms with Gasteiger partial charge in [0.2, 0.25) is 0 Å². The Morgan fingerprint density at radius 1 is 0.947 bits per heavy atom. The highest BCUT2D eigenvalue weighted by Gasteiger charge is 2.22. The molecule has 0 spiro atoms. The molecule has 2 fully saturated rings. The highest BCUT2D eigenvalue weighted by molar-refractivity contribution is 5.73. The van der Waals surface area contributed by atoms with Crippen molar-refractivity contribution < 1.29 is 14.3 Å². The molecule has 0 atom stereocenters. The quantitative estimate of drug-likeness (QED) is 0.465. The van der Waals surface area contributed by atoms with E-state index in [0.717, 1.165) is 78.7 Å². The summed E-state index contributed by atoms with van der Waals surface area (Å²) in [6, 6.07) is 21.4. The Morgan fingerprint density at radius 3 is 2.13 bits per heavy atom. The molecular weight excluding hydrogens is 478 g/mol. The van der Waals surface area contributed by atoms with E-state index in [1.54, 1.807) is 12.0 Å². The molecule has 0 saturated carbocycles. The van der Waals surface area contributed by atoms with Crippen LogP contribution in [0.5, 0.6) is 5.75 Å². The Bertz CT molecular complexity index is 1200. The molecule has 2 saturated heterocycles. The molecule has 1 aromatic heterocycles. The Kier molecular flexibility index (Phi) is 8.28. The van der Waals surface area contributed by atoms with Crippen molar-refractivity contribution in [3.05, 3.63) is 60.7 Å². The molecule has 0 bridgehead atoms. The first-order chi connectivity index (χ1) is 18.6. The standard InChI is InChI=1S/C30H37N5O3/c1-3-38-30(36)35-18-16-34(17-19-35)26-8-4-22(5-9-26)28-20-25(32-24-12-14-31-15-13-24)21-29(33-28)23-6-10-27(37-2)11-7-23/h4-11,20-21,24,31H,3,12-19H2,1-2H3,(H,32,33). The van der Waals surface area contributed by atoms with E-state index < -0.39 is 0 Å². The van der Waals surface area contributed by atoms with Crippen LogP contribution >= 0.6 is 0 Å². The number of carbonyl (C=O) groups is 1. The van der Waals surface area contributed by atoms with Crippen molar-refractivity contribution in [2.75, 3.05) is 63.2 Å². The largest absolute Gasteiger partial charge is 0.497 e. The van der Waals surface area contributed by atoms with Crippen LogP contribution in [0.3, 0.4) is 0 Å². The van der Waals surface area contributed by atoms with E-state index in [9.17, 15) is 4.79 Å². The van der Waals surface area contributed by atoms with Gasteiger partial charge in [-0.1, -0.05) is 12.1 Å². The van der Waals surface area contributed by atoms with Gasteiger partial charge in [-0.25, -0.2) is 9.78 Å². The number of rotatable bonds is 7. The number of hydrogen-bond donors (Lipinski definition) is 2. The molecule has 5 rings (SSSR count). The number of aromatic nitrogens is 1. The van der Waals surface area contributed by atoms with E-state index in [1.165, 1.54) is 0 Å². The number of hydrogen-bond acceptors (Lipinski definition) is 7.